The Hall–Kier alpha value is -1.43. The molecule has 0 saturated heterocycles. The van der Waals surface area contributed by atoms with Crippen LogP contribution in [0.1, 0.15) is 40.0 Å². The van der Waals surface area contributed by atoms with Gasteiger partial charge in [-0.05, 0) is 20.3 Å². The van der Waals surface area contributed by atoms with Gasteiger partial charge in [-0.15, -0.1) is 0 Å². The number of rotatable bonds is 8. The van der Waals surface area contributed by atoms with Crippen molar-refractivity contribution in [1.82, 2.24) is 0 Å². The molecule has 1 unspecified atom stereocenters. The fourth-order valence-electron chi connectivity index (χ4n) is 1.18. The molecule has 0 aromatic heterocycles. The first-order chi connectivity index (χ1) is 8.38. The molecular weight excluding hydrogens is 240 g/mol. The topological polar surface area (TPSA) is 89.9 Å². The van der Waals surface area contributed by atoms with Crippen LogP contribution in [0.2, 0.25) is 0 Å². The zero-order valence-electron chi connectivity index (χ0n) is 11.0. The van der Waals surface area contributed by atoms with Crippen LogP contribution in [0.15, 0.2) is 0 Å². The van der Waals surface area contributed by atoms with E-state index < -0.39 is 29.7 Å². The van der Waals surface area contributed by atoms with E-state index in [1.807, 2.05) is 6.92 Å². The van der Waals surface area contributed by atoms with Crippen LogP contribution in [0.25, 0.3) is 0 Å². The third kappa shape index (κ3) is 4.83. The van der Waals surface area contributed by atoms with Crippen molar-refractivity contribution in [2.45, 2.75) is 45.6 Å². The molecule has 0 heterocycles. The Kier molecular flexibility index (Phi) is 7.19. The van der Waals surface area contributed by atoms with Gasteiger partial charge in [-0.2, -0.15) is 0 Å². The van der Waals surface area contributed by atoms with Gasteiger partial charge in [0.1, 0.15) is 0 Å². The van der Waals surface area contributed by atoms with Crippen molar-refractivity contribution in [1.29, 1.82) is 0 Å². The van der Waals surface area contributed by atoms with Crippen molar-refractivity contribution in [3.8, 4) is 0 Å². The molecule has 0 aliphatic carbocycles. The number of hydrogen-bond acceptors (Lipinski definition) is 6. The van der Waals surface area contributed by atoms with Crippen LogP contribution >= 0.6 is 0 Å². The van der Waals surface area contributed by atoms with E-state index in [2.05, 4.69) is 4.74 Å². The van der Waals surface area contributed by atoms with Gasteiger partial charge in [-0.1, -0.05) is 13.3 Å². The third-order valence-corrected chi connectivity index (χ3v) is 2.36. The highest BCUT2D eigenvalue weighted by atomic mass is 16.6. The molecule has 0 amide bonds. The highest BCUT2D eigenvalue weighted by molar-refractivity contribution is 6.08. The predicted octanol–water partition coefficient (Wildman–Crippen LogP) is 0.603. The van der Waals surface area contributed by atoms with Crippen LogP contribution in [0.4, 0.5) is 0 Å². The standard InChI is InChI=1S/C12H20O6/c1-4-6-7-18-10(14)8-12(16,9(3)13)11(15)17-5-2/h16H,4-8H2,1-3H3. The lowest BCUT2D eigenvalue weighted by Gasteiger charge is -2.21. The average Bonchev–Trinajstić information content (AvgIpc) is 2.29. The fraction of sp³-hybridized carbons (Fsp3) is 0.750. The maximum Gasteiger partial charge on any atom is 0.346 e. The smallest absolute Gasteiger partial charge is 0.346 e. The molecule has 0 fully saturated rings. The van der Waals surface area contributed by atoms with E-state index in [1.165, 1.54) is 6.92 Å². The molecule has 6 heteroatoms. The summed E-state index contributed by atoms with van der Waals surface area (Å²) in [5.41, 5.74) is -2.45. The Labute approximate surface area is 106 Å². The zero-order valence-corrected chi connectivity index (χ0v) is 11.0. The highest BCUT2D eigenvalue weighted by Gasteiger charge is 2.45. The zero-order chi connectivity index (χ0) is 14.2. The third-order valence-electron chi connectivity index (χ3n) is 2.36. The van der Waals surface area contributed by atoms with Crippen molar-refractivity contribution in [3.63, 3.8) is 0 Å². The van der Waals surface area contributed by atoms with E-state index in [1.54, 1.807) is 0 Å². The van der Waals surface area contributed by atoms with Crippen molar-refractivity contribution in [3.05, 3.63) is 0 Å². The average molecular weight is 260 g/mol. The number of ketones is 1. The first-order valence-electron chi connectivity index (χ1n) is 5.94. The number of carbonyl (C=O) groups excluding carboxylic acids is 3. The molecule has 0 saturated carbocycles. The van der Waals surface area contributed by atoms with Gasteiger partial charge in [0.05, 0.1) is 19.6 Å². The van der Waals surface area contributed by atoms with E-state index in [-0.39, 0.29) is 13.2 Å². The lowest BCUT2D eigenvalue weighted by atomic mass is 9.95. The molecule has 0 rings (SSSR count). The van der Waals surface area contributed by atoms with Gasteiger partial charge in [-0.25, -0.2) is 4.79 Å². The van der Waals surface area contributed by atoms with E-state index in [0.717, 1.165) is 13.3 Å². The Morgan fingerprint density at radius 1 is 1.17 bits per heavy atom. The quantitative estimate of drug-likeness (QED) is 0.390. The molecule has 6 nitrogen and oxygen atoms in total. The summed E-state index contributed by atoms with van der Waals surface area (Å²) >= 11 is 0. The van der Waals surface area contributed by atoms with E-state index in [0.29, 0.717) is 6.42 Å². The summed E-state index contributed by atoms with van der Waals surface area (Å²) < 4.78 is 9.37. The van der Waals surface area contributed by atoms with Gasteiger partial charge in [0.2, 0.25) is 5.60 Å². The van der Waals surface area contributed by atoms with Crippen LogP contribution < -0.4 is 0 Å². The molecule has 1 atom stereocenters. The second-order valence-corrected chi connectivity index (χ2v) is 3.89. The largest absolute Gasteiger partial charge is 0.466 e. The van der Waals surface area contributed by atoms with Crippen LogP contribution in [0.5, 0.6) is 0 Å². The monoisotopic (exact) mass is 260 g/mol. The van der Waals surface area contributed by atoms with Crippen molar-refractivity contribution < 1.29 is 29.0 Å². The van der Waals surface area contributed by atoms with Crippen molar-refractivity contribution >= 4 is 17.7 Å². The summed E-state index contributed by atoms with van der Waals surface area (Å²) in [6.07, 6.45) is 0.816. The Morgan fingerprint density at radius 3 is 2.22 bits per heavy atom. The lowest BCUT2D eigenvalue weighted by molar-refractivity contribution is -0.175. The van der Waals surface area contributed by atoms with Crippen LogP contribution in [0.3, 0.4) is 0 Å². The number of esters is 2. The number of hydrogen-bond donors (Lipinski definition) is 1. The van der Waals surface area contributed by atoms with Crippen molar-refractivity contribution in [2.24, 2.45) is 0 Å². The number of ether oxygens (including phenoxy) is 2. The number of carbonyl (C=O) groups is 3. The summed E-state index contributed by atoms with van der Waals surface area (Å²) in [7, 11) is 0. The van der Waals surface area contributed by atoms with Crippen LogP contribution in [-0.4, -0.2) is 41.6 Å². The molecular formula is C12H20O6. The molecule has 0 aromatic rings. The van der Waals surface area contributed by atoms with Gasteiger partial charge < -0.3 is 14.6 Å². The predicted molar refractivity (Wildman–Crippen MR) is 62.7 cm³/mol. The Morgan fingerprint density at radius 2 is 1.78 bits per heavy atom. The Balaban J connectivity index is 4.57. The van der Waals surface area contributed by atoms with Crippen LogP contribution in [-0.2, 0) is 23.9 Å². The summed E-state index contributed by atoms with van der Waals surface area (Å²) in [4.78, 5) is 34.2. The first kappa shape index (κ1) is 16.6. The van der Waals surface area contributed by atoms with Gasteiger partial charge in [0.15, 0.2) is 5.78 Å². The summed E-state index contributed by atoms with van der Waals surface area (Å²) in [6.45, 7) is 4.71. The van der Waals surface area contributed by atoms with Crippen molar-refractivity contribution in [2.75, 3.05) is 13.2 Å². The highest BCUT2D eigenvalue weighted by Crippen LogP contribution is 2.15. The molecule has 0 aliphatic rings. The molecule has 1 N–H and O–H groups in total. The second-order valence-electron chi connectivity index (χ2n) is 3.89. The maximum atomic E-state index is 11.5. The van der Waals surface area contributed by atoms with Gasteiger partial charge in [0, 0.05) is 0 Å². The van der Waals surface area contributed by atoms with E-state index in [9.17, 15) is 19.5 Å². The molecule has 0 radical (unpaired) electrons. The van der Waals surface area contributed by atoms with Crippen LogP contribution in [0, 0.1) is 0 Å². The fourth-order valence-corrected chi connectivity index (χ4v) is 1.18. The molecule has 0 bridgehead atoms. The van der Waals surface area contributed by atoms with E-state index in [4.69, 9.17) is 4.74 Å². The first-order valence-corrected chi connectivity index (χ1v) is 5.94. The lowest BCUT2D eigenvalue weighted by Crippen LogP contribution is -2.48. The van der Waals surface area contributed by atoms with Gasteiger partial charge >= 0.3 is 11.9 Å². The van der Waals surface area contributed by atoms with E-state index >= 15 is 0 Å². The summed E-state index contributed by atoms with van der Waals surface area (Å²) in [5, 5.41) is 9.89. The van der Waals surface area contributed by atoms with Gasteiger partial charge in [0.25, 0.3) is 0 Å². The Bertz CT molecular complexity index is 312. The normalized spacial score (nSPS) is 13.6. The molecule has 0 aliphatic heterocycles. The minimum Gasteiger partial charge on any atom is -0.466 e. The molecule has 18 heavy (non-hydrogen) atoms. The summed E-state index contributed by atoms with van der Waals surface area (Å²) in [5.74, 6) is -2.76. The SMILES string of the molecule is CCCCOC(=O)CC(O)(C(C)=O)C(=O)OCC. The minimum absolute atomic E-state index is 0.0132. The number of Topliss-reactive ketones (excluding diaryl/α,β-unsaturated/α-hetero) is 1. The maximum absolute atomic E-state index is 11.5. The number of unbranched alkanes of at least 4 members (excludes halogenated alkanes) is 1. The minimum atomic E-state index is -2.45. The molecule has 104 valence electrons. The number of aliphatic hydroxyl groups is 1. The molecule has 0 spiro atoms. The molecule has 0 aromatic carbocycles. The van der Waals surface area contributed by atoms with Gasteiger partial charge in [-0.3, -0.25) is 9.59 Å². The summed E-state index contributed by atoms with van der Waals surface area (Å²) in [6, 6.07) is 0. The second kappa shape index (κ2) is 7.81.